The molecule has 0 spiro atoms. The molecule has 3 amide bonds. The molecule has 10 nitrogen and oxygen atoms in total. The summed E-state index contributed by atoms with van der Waals surface area (Å²) in [6, 6.07) is 3.39. The molecule has 0 bridgehead atoms. The highest BCUT2D eigenvalue weighted by molar-refractivity contribution is 7.10. The number of carboxylic acids is 1. The van der Waals surface area contributed by atoms with Gasteiger partial charge in [-0.1, -0.05) is 0 Å². The first kappa shape index (κ1) is 35.6. The van der Waals surface area contributed by atoms with Gasteiger partial charge < -0.3 is 30.5 Å². The van der Waals surface area contributed by atoms with Gasteiger partial charge in [-0.25, -0.2) is 23.2 Å². The zero-order valence-electron chi connectivity index (χ0n) is 26.9. The number of nitrogens with one attached hydrogen (secondary N) is 3. The maximum atomic E-state index is 13.2. The summed E-state index contributed by atoms with van der Waals surface area (Å²) in [5, 5.41) is 20.8. The van der Waals surface area contributed by atoms with Crippen LogP contribution < -0.4 is 16.0 Å². The van der Waals surface area contributed by atoms with Crippen LogP contribution in [0.2, 0.25) is 0 Å². The van der Waals surface area contributed by atoms with Gasteiger partial charge >= 0.3 is 18.2 Å². The monoisotopic (exact) mass is 683 g/mol. The molecular weight excluding hydrogens is 640 g/mol. The van der Waals surface area contributed by atoms with Gasteiger partial charge in [0.05, 0.1) is 11.1 Å². The Morgan fingerprint density at radius 3 is 1.63 bits per heavy atom. The molecule has 0 unspecified atom stereocenters. The minimum absolute atomic E-state index is 0.0231. The third-order valence-corrected chi connectivity index (χ3v) is 9.65. The Kier molecular flexibility index (Phi) is 10.7. The van der Waals surface area contributed by atoms with Gasteiger partial charge in [0.2, 0.25) is 5.92 Å². The van der Waals surface area contributed by atoms with Crippen molar-refractivity contribution in [1.82, 2.24) is 16.0 Å². The zero-order chi connectivity index (χ0) is 34.0. The number of halogens is 2. The molecule has 2 aromatic rings. The summed E-state index contributed by atoms with van der Waals surface area (Å²) in [6.07, 6.45) is 1.06. The lowest BCUT2D eigenvalue weighted by molar-refractivity contribution is -0.0399. The molecule has 254 valence electrons. The highest BCUT2D eigenvalue weighted by Crippen LogP contribution is 2.44. The van der Waals surface area contributed by atoms with Gasteiger partial charge in [-0.2, -0.15) is 0 Å². The predicted octanol–water partition coefficient (Wildman–Crippen LogP) is 7.26. The van der Waals surface area contributed by atoms with E-state index in [4.69, 9.17) is 14.6 Å². The fourth-order valence-corrected chi connectivity index (χ4v) is 7.17. The maximum absolute atomic E-state index is 13.2. The third-order valence-electron chi connectivity index (χ3n) is 7.52. The normalized spacial score (nSPS) is 23.7. The second kappa shape index (κ2) is 13.8. The first-order valence-corrected chi connectivity index (χ1v) is 17.1. The smallest absolute Gasteiger partial charge is 0.407 e. The lowest BCUT2D eigenvalue weighted by Crippen LogP contribution is -2.40. The first-order chi connectivity index (χ1) is 21.3. The van der Waals surface area contributed by atoms with E-state index < -0.39 is 35.3 Å². The van der Waals surface area contributed by atoms with E-state index in [1.165, 1.54) is 22.7 Å². The number of ether oxygens (including phenoxy) is 2. The molecule has 4 atom stereocenters. The quantitative estimate of drug-likeness (QED) is 0.241. The number of alkyl carbamates (subject to hydrolysis) is 2. The lowest BCUT2D eigenvalue weighted by atomic mass is 9.92. The minimum atomic E-state index is -2.60. The number of carbonyl (C=O) groups excluding carboxylic acids is 3. The molecule has 2 aromatic heterocycles. The summed E-state index contributed by atoms with van der Waals surface area (Å²) in [5.41, 5.74) is -0.183. The van der Waals surface area contributed by atoms with Crippen molar-refractivity contribution in [3.63, 3.8) is 0 Å². The van der Waals surface area contributed by atoms with E-state index >= 15 is 0 Å². The molecule has 0 aromatic carbocycles. The summed E-state index contributed by atoms with van der Waals surface area (Å²) in [4.78, 5) is 48.6. The van der Waals surface area contributed by atoms with E-state index in [0.717, 1.165) is 22.6 Å². The first-order valence-electron chi connectivity index (χ1n) is 15.4. The molecule has 0 radical (unpaired) electrons. The molecule has 14 heteroatoms. The van der Waals surface area contributed by atoms with Crippen molar-refractivity contribution in [3.05, 3.63) is 43.8 Å². The van der Waals surface area contributed by atoms with Crippen LogP contribution in [0.4, 0.5) is 18.4 Å². The minimum Gasteiger partial charge on any atom is -0.478 e. The number of amides is 3. The summed E-state index contributed by atoms with van der Waals surface area (Å²) in [6.45, 7) is 10.9. The van der Waals surface area contributed by atoms with Gasteiger partial charge in [-0.3, -0.25) is 4.79 Å². The second-order valence-corrected chi connectivity index (χ2v) is 16.0. The van der Waals surface area contributed by atoms with Crippen molar-refractivity contribution in [2.75, 3.05) is 0 Å². The number of hydrogen-bond acceptors (Lipinski definition) is 8. The standard InChI is InChI=1S/C19H26F2N2O3S.C13H17NO4S/c1-18(2,3)26-17(25)23-14-9-13(14)15-8-11(10-27-15)16(24)22-12-4-6-19(20,21)7-5-12;1-13(2,3)18-12(17)14-9-5-8(9)10-4-7(6-19-10)11(15)16/h8,10,12-14H,4-7,9H2,1-3H3,(H,22,24)(H,23,25);4,6,8-9H,5H2,1-3H3,(H,14,17)(H,15,16)/t13-,14-;8-,9-/m11/s1. The van der Waals surface area contributed by atoms with E-state index in [1.807, 2.05) is 47.6 Å². The lowest BCUT2D eigenvalue weighted by Gasteiger charge is -2.28. The Balaban J connectivity index is 0.000000222. The Hall–Kier alpha value is -3.26. The number of hydrogen-bond donors (Lipinski definition) is 4. The van der Waals surface area contributed by atoms with Crippen LogP contribution in [0.3, 0.4) is 0 Å². The van der Waals surface area contributed by atoms with Crippen molar-refractivity contribution in [2.24, 2.45) is 0 Å². The summed E-state index contributed by atoms with van der Waals surface area (Å²) >= 11 is 2.90. The molecule has 46 heavy (non-hydrogen) atoms. The van der Waals surface area contributed by atoms with Gasteiger partial charge in [0.1, 0.15) is 11.2 Å². The van der Waals surface area contributed by atoms with E-state index in [0.29, 0.717) is 24.0 Å². The number of carbonyl (C=O) groups is 4. The summed E-state index contributed by atoms with van der Waals surface area (Å²) in [7, 11) is 0. The highest BCUT2D eigenvalue weighted by Gasteiger charge is 2.43. The molecule has 3 saturated carbocycles. The third kappa shape index (κ3) is 10.9. The molecule has 5 rings (SSSR count). The van der Waals surface area contributed by atoms with Crippen LogP contribution in [-0.4, -0.2) is 64.4 Å². The number of carboxylic acid groups (broad SMARTS) is 1. The number of thiophene rings is 2. The van der Waals surface area contributed by atoms with Gasteiger partial charge in [-0.05, 0) is 79.4 Å². The molecule has 2 heterocycles. The van der Waals surface area contributed by atoms with Crippen molar-refractivity contribution >= 4 is 46.7 Å². The SMILES string of the molecule is CC(C)(C)OC(=O)N[C@@H]1C[C@H]1c1cc(C(=O)NC2CCC(F)(F)CC2)cs1.CC(C)(C)OC(=O)N[C@@H]1C[C@H]1c1cc(C(=O)O)cs1. The van der Waals surface area contributed by atoms with Gasteiger partial charge in [0.15, 0.2) is 0 Å². The highest BCUT2D eigenvalue weighted by atomic mass is 32.1. The van der Waals surface area contributed by atoms with E-state index in [1.54, 1.807) is 16.8 Å². The average Bonchev–Trinajstić information content (AvgIpc) is 3.70. The average molecular weight is 684 g/mol. The van der Waals surface area contributed by atoms with E-state index in [-0.39, 0.29) is 48.7 Å². The predicted molar refractivity (Wildman–Crippen MR) is 171 cm³/mol. The van der Waals surface area contributed by atoms with Crippen LogP contribution >= 0.6 is 22.7 Å². The molecule has 0 aliphatic heterocycles. The van der Waals surface area contributed by atoms with Crippen molar-refractivity contribution < 1.29 is 42.5 Å². The Morgan fingerprint density at radius 1 is 0.783 bits per heavy atom. The summed E-state index contributed by atoms with van der Waals surface area (Å²) < 4.78 is 36.8. The molecule has 3 aliphatic rings. The fourth-order valence-electron chi connectivity index (χ4n) is 5.03. The van der Waals surface area contributed by atoms with Gasteiger partial charge in [0, 0.05) is 63.3 Å². The second-order valence-electron chi connectivity index (χ2n) is 14.1. The number of rotatable bonds is 7. The Bertz CT molecular complexity index is 1420. The van der Waals surface area contributed by atoms with Crippen molar-refractivity contribution in [2.45, 2.75) is 127 Å². The van der Waals surface area contributed by atoms with Crippen molar-refractivity contribution in [1.29, 1.82) is 0 Å². The Labute approximate surface area is 275 Å². The van der Waals surface area contributed by atoms with Crippen LogP contribution in [-0.2, 0) is 9.47 Å². The van der Waals surface area contributed by atoms with Crippen LogP contribution in [0.25, 0.3) is 0 Å². The fraction of sp³-hybridized carbons (Fsp3) is 0.625. The van der Waals surface area contributed by atoms with Crippen LogP contribution in [0.5, 0.6) is 0 Å². The Morgan fingerprint density at radius 2 is 1.22 bits per heavy atom. The van der Waals surface area contributed by atoms with Gasteiger partial charge in [0.25, 0.3) is 5.91 Å². The largest absolute Gasteiger partial charge is 0.478 e. The van der Waals surface area contributed by atoms with Gasteiger partial charge in [-0.15, -0.1) is 22.7 Å². The number of alkyl halides is 2. The molecule has 0 saturated heterocycles. The molecule has 4 N–H and O–H groups in total. The van der Waals surface area contributed by atoms with Crippen LogP contribution in [0.1, 0.15) is 122 Å². The summed E-state index contributed by atoms with van der Waals surface area (Å²) in [5.74, 6) is -3.33. The van der Waals surface area contributed by atoms with Crippen molar-refractivity contribution in [3.8, 4) is 0 Å². The molecular formula is C32H43F2N3O7S2. The molecule has 3 aliphatic carbocycles. The maximum Gasteiger partial charge on any atom is 0.407 e. The van der Waals surface area contributed by atoms with E-state index in [2.05, 4.69) is 16.0 Å². The van der Waals surface area contributed by atoms with E-state index in [9.17, 15) is 28.0 Å². The van der Waals surface area contributed by atoms with Crippen LogP contribution in [0, 0.1) is 0 Å². The number of aromatic carboxylic acids is 1. The topological polar surface area (TPSA) is 143 Å². The van der Waals surface area contributed by atoms with Crippen LogP contribution in [0.15, 0.2) is 22.9 Å². The zero-order valence-corrected chi connectivity index (χ0v) is 28.5. The molecule has 3 fully saturated rings.